The minimum Gasteiger partial charge on any atom is -0.468 e. The Bertz CT molecular complexity index is 1690. The first-order chi connectivity index (χ1) is 21.6. The van der Waals surface area contributed by atoms with E-state index in [9.17, 15) is 5.11 Å². The van der Waals surface area contributed by atoms with Crippen molar-refractivity contribution in [2.75, 3.05) is 51.5 Å². The van der Waals surface area contributed by atoms with Gasteiger partial charge in [0.15, 0.2) is 13.6 Å². The van der Waals surface area contributed by atoms with Crippen LogP contribution >= 0.6 is 22.7 Å². The van der Waals surface area contributed by atoms with E-state index in [-0.39, 0.29) is 13.6 Å². The summed E-state index contributed by atoms with van der Waals surface area (Å²) in [6.45, 7) is 1.25. The number of fused-ring (bicyclic) bond motifs is 2. The maximum absolute atomic E-state index is 10.6. The molecule has 0 spiro atoms. The zero-order valence-corrected chi connectivity index (χ0v) is 25.9. The van der Waals surface area contributed by atoms with E-state index in [1.54, 1.807) is 36.9 Å². The monoisotopic (exact) mass is 628 g/mol. The van der Waals surface area contributed by atoms with Gasteiger partial charge in [0, 0.05) is 49.8 Å². The Balaban J connectivity index is 0.987. The van der Waals surface area contributed by atoms with Gasteiger partial charge in [-0.1, -0.05) is 0 Å². The second kappa shape index (κ2) is 14.0. The minimum atomic E-state index is -0.577. The van der Waals surface area contributed by atoms with Crippen LogP contribution in [0.25, 0.3) is 41.6 Å². The molecule has 0 fully saturated rings. The molecule has 0 saturated carbocycles. The molecule has 226 valence electrons. The van der Waals surface area contributed by atoms with Crippen LogP contribution in [0.5, 0.6) is 11.5 Å². The molecule has 9 nitrogen and oxygen atoms in total. The predicted molar refractivity (Wildman–Crippen MR) is 178 cm³/mol. The zero-order valence-electron chi connectivity index (χ0n) is 24.3. The van der Waals surface area contributed by atoms with Crippen molar-refractivity contribution in [3.8, 4) is 32.6 Å². The van der Waals surface area contributed by atoms with Crippen molar-refractivity contribution < 1.29 is 24.1 Å². The first-order valence-electron chi connectivity index (χ1n) is 14.0. The zero-order chi connectivity index (χ0) is 30.3. The molecule has 0 bridgehead atoms. The fraction of sp³-hybridized carbons (Fsp3) is 0.212. The number of thiazole rings is 2. The van der Waals surface area contributed by atoms with Crippen LogP contribution in [0.15, 0.2) is 84.9 Å². The molecule has 0 aliphatic rings. The Hall–Kier alpha value is -4.26. The second-order valence-electron chi connectivity index (χ2n) is 9.97. The molecule has 0 radical (unpaired) electrons. The fourth-order valence-corrected chi connectivity index (χ4v) is 6.49. The summed E-state index contributed by atoms with van der Waals surface area (Å²) in [4.78, 5) is 9.52. The van der Waals surface area contributed by atoms with Crippen molar-refractivity contribution in [2.45, 2.75) is 6.10 Å². The lowest BCUT2D eigenvalue weighted by atomic mass is 10.2. The first-order valence-corrected chi connectivity index (χ1v) is 15.6. The largest absolute Gasteiger partial charge is 0.468 e. The number of anilines is 2. The molecule has 0 unspecified atom stereocenters. The molecule has 3 N–H and O–H groups in total. The van der Waals surface area contributed by atoms with E-state index in [0.717, 1.165) is 64.4 Å². The van der Waals surface area contributed by atoms with Crippen LogP contribution in [-0.4, -0.2) is 62.1 Å². The first kappa shape index (κ1) is 29.8. The van der Waals surface area contributed by atoms with Crippen molar-refractivity contribution in [3.63, 3.8) is 0 Å². The number of hydrogen-bond acceptors (Lipinski definition) is 11. The van der Waals surface area contributed by atoms with Crippen molar-refractivity contribution in [1.82, 2.24) is 9.97 Å². The van der Waals surface area contributed by atoms with Gasteiger partial charge < -0.3 is 34.7 Å². The van der Waals surface area contributed by atoms with Crippen LogP contribution in [0.3, 0.4) is 0 Å². The van der Waals surface area contributed by atoms with Crippen molar-refractivity contribution in [3.05, 3.63) is 84.9 Å². The maximum atomic E-state index is 10.6. The van der Waals surface area contributed by atoms with E-state index in [4.69, 9.17) is 28.9 Å². The Morgan fingerprint density at radius 3 is 1.48 bits per heavy atom. The Labute approximate surface area is 263 Å². The van der Waals surface area contributed by atoms with Gasteiger partial charge in [0.1, 0.15) is 21.5 Å². The number of ether oxygens (including phenoxy) is 4. The summed E-state index contributed by atoms with van der Waals surface area (Å²) >= 11 is 3.24. The number of hydrogen-bond donors (Lipinski definition) is 3. The molecule has 0 amide bonds. The average molecular weight is 629 g/mol. The molecule has 0 atom stereocenters. The number of nitrogens with one attached hydrogen (secondary N) is 2. The van der Waals surface area contributed by atoms with Crippen LogP contribution in [-0.2, 0) is 9.47 Å². The molecule has 11 heteroatoms. The standard InChI is InChI=1S/C33H32N4O5S2/c1-39-19-41-26-11-13-28-30(15-26)43-32(36-28)21-3-7-23(8-4-21)34-17-25(38)18-35-24-9-5-22(6-10-24)33-37-29-14-12-27(42-20-40-2)16-31(29)44-33/h3-16,25,34-35,38H,17-20H2,1-2H3. The minimum absolute atomic E-state index is 0.212. The van der Waals surface area contributed by atoms with Gasteiger partial charge in [-0.2, -0.15) is 0 Å². The van der Waals surface area contributed by atoms with Crippen LogP contribution in [0, 0.1) is 0 Å². The molecule has 6 rings (SSSR count). The topological polar surface area (TPSA) is 107 Å². The van der Waals surface area contributed by atoms with E-state index >= 15 is 0 Å². The Morgan fingerprint density at radius 1 is 0.636 bits per heavy atom. The molecular weight excluding hydrogens is 597 g/mol. The summed E-state index contributed by atoms with van der Waals surface area (Å²) in [5, 5.41) is 19.1. The Morgan fingerprint density at radius 2 is 1.07 bits per heavy atom. The summed E-state index contributed by atoms with van der Waals surface area (Å²) in [6, 6.07) is 27.8. The smallest absolute Gasteiger partial charge is 0.188 e. The van der Waals surface area contributed by atoms with E-state index in [0.29, 0.717) is 13.1 Å². The molecule has 0 aliphatic carbocycles. The van der Waals surface area contributed by atoms with Gasteiger partial charge in [-0.3, -0.25) is 0 Å². The SMILES string of the molecule is COCOc1ccc2nc(-c3ccc(NCC(O)CNc4ccc(-c5nc6ccc(OCOC)cc6s5)cc4)cc3)sc2c1. The van der Waals surface area contributed by atoms with Gasteiger partial charge in [0.05, 0.1) is 26.5 Å². The van der Waals surface area contributed by atoms with Crippen LogP contribution < -0.4 is 20.1 Å². The lowest BCUT2D eigenvalue weighted by molar-refractivity contribution is 0.0511. The number of rotatable bonds is 14. The molecule has 0 saturated heterocycles. The van der Waals surface area contributed by atoms with Crippen LogP contribution in [0.4, 0.5) is 11.4 Å². The van der Waals surface area contributed by atoms with Crippen LogP contribution in [0.2, 0.25) is 0 Å². The van der Waals surface area contributed by atoms with Crippen molar-refractivity contribution in [1.29, 1.82) is 0 Å². The summed E-state index contributed by atoms with van der Waals surface area (Å²) in [5.41, 5.74) is 5.80. The highest BCUT2D eigenvalue weighted by atomic mass is 32.1. The highest BCUT2D eigenvalue weighted by molar-refractivity contribution is 7.22. The average Bonchev–Trinajstić information content (AvgIpc) is 3.69. The third-order valence-electron chi connectivity index (χ3n) is 6.75. The van der Waals surface area contributed by atoms with Gasteiger partial charge >= 0.3 is 0 Å². The normalized spacial score (nSPS) is 11.4. The molecular formula is C33H32N4O5S2. The number of aliphatic hydroxyl groups is 1. The van der Waals surface area contributed by atoms with Crippen molar-refractivity contribution in [2.24, 2.45) is 0 Å². The highest BCUT2D eigenvalue weighted by Gasteiger charge is 2.10. The summed E-state index contributed by atoms with van der Waals surface area (Å²) < 4.78 is 23.2. The lowest BCUT2D eigenvalue weighted by Gasteiger charge is -2.15. The molecule has 0 aliphatic heterocycles. The second-order valence-corrected chi connectivity index (χ2v) is 12.0. The van der Waals surface area contributed by atoms with Gasteiger partial charge in [-0.05, 0) is 84.9 Å². The van der Waals surface area contributed by atoms with Gasteiger partial charge in [0.2, 0.25) is 0 Å². The highest BCUT2D eigenvalue weighted by Crippen LogP contribution is 2.34. The third-order valence-corrected chi connectivity index (χ3v) is 8.89. The number of nitrogens with zero attached hydrogens (tertiary/aromatic N) is 2. The summed E-state index contributed by atoms with van der Waals surface area (Å²) in [6.07, 6.45) is -0.577. The van der Waals surface area contributed by atoms with E-state index in [1.165, 1.54) is 0 Å². The number of aliphatic hydroxyl groups excluding tert-OH is 1. The lowest BCUT2D eigenvalue weighted by Crippen LogP contribution is -2.27. The van der Waals surface area contributed by atoms with Gasteiger partial charge in [-0.25, -0.2) is 9.97 Å². The third kappa shape index (κ3) is 7.26. The maximum Gasteiger partial charge on any atom is 0.188 e. The number of benzene rings is 4. The molecule has 4 aromatic carbocycles. The molecule has 2 heterocycles. The number of aromatic nitrogens is 2. The van der Waals surface area contributed by atoms with E-state index < -0.39 is 6.10 Å². The molecule has 44 heavy (non-hydrogen) atoms. The van der Waals surface area contributed by atoms with Gasteiger partial charge in [0.25, 0.3) is 0 Å². The summed E-state index contributed by atoms with van der Waals surface area (Å²) in [5.74, 6) is 1.51. The molecule has 6 aromatic rings. The van der Waals surface area contributed by atoms with Crippen molar-refractivity contribution >= 4 is 54.5 Å². The quantitative estimate of drug-likeness (QED) is 0.109. The predicted octanol–water partition coefficient (Wildman–Crippen LogP) is 7.09. The van der Waals surface area contributed by atoms with E-state index in [1.807, 2.05) is 84.9 Å². The van der Waals surface area contributed by atoms with Gasteiger partial charge in [-0.15, -0.1) is 22.7 Å². The van der Waals surface area contributed by atoms with Crippen LogP contribution in [0.1, 0.15) is 0 Å². The number of methoxy groups -OCH3 is 2. The molecule has 2 aromatic heterocycles. The summed E-state index contributed by atoms with van der Waals surface area (Å²) in [7, 11) is 3.20. The fourth-order valence-electron chi connectivity index (χ4n) is 4.50. The van der Waals surface area contributed by atoms with E-state index in [2.05, 4.69) is 10.6 Å². The Kier molecular flexibility index (Phi) is 9.49.